The highest BCUT2D eigenvalue weighted by atomic mass is 19.4. The molecule has 0 unspecified atom stereocenters. The van der Waals surface area contributed by atoms with Gasteiger partial charge in [0.1, 0.15) is 5.82 Å². The molecule has 0 radical (unpaired) electrons. The fourth-order valence-corrected chi connectivity index (χ4v) is 3.06. The molecule has 0 aliphatic carbocycles. The third kappa shape index (κ3) is 3.75. The van der Waals surface area contributed by atoms with Crippen molar-refractivity contribution in [2.45, 2.75) is 13.1 Å². The summed E-state index contributed by atoms with van der Waals surface area (Å²) in [6.07, 6.45) is -1.66. The van der Waals surface area contributed by atoms with Crippen molar-refractivity contribution in [3.63, 3.8) is 0 Å². The van der Waals surface area contributed by atoms with Gasteiger partial charge < -0.3 is 9.80 Å². The second-order valence-corrected chi connectivity index (χ2v) is 6.53. The van der Waals surface area contributed by atoms with E-state index in [2.05, 4.69) is 25.2 Å². The van der Waals surface area contributed by atoms with E-state index in [0.29, 0.717) is 37.8 Å². The van der Waals surface area contributed by atoms with Crippen LogP contribution in [0, 0.1) is 6.92 Å². The Labute approximate surface area is 159 Å². The summed E-state index contributed by atoms with van der Waals surface area (Å²) >= 11 is 0. The standard InChI is InChI=1S/C18H18F3N7/c1-13-6-7-28(25-13)17-5-4-16(23-24-17)27-10-8-26(9-11-27)15-3-2-14(12-22-15)18(19,20)21/h2-7,12H,8-11H2,1H3. The van der Waals surface area contributed by atoms with Gasteiger partial charge in [0.2, 0.25) is 0 Å². The van der Waals surface area contributed by atoms with Gasteiger partial charge in [0.25, 0.3) is 0 Å². The largest absolute Gasteiger partial charge is 0.417 e. The van der Waals surface area contributed by atoms with Gasteiger partial charge in [-0.25, -0.2) is 9.67 Å². The van der Waals surface area contributed by atoms with E-state index in [1.165, 1.54) is 6.07 Å². The van der Waals surface area contributed by atoms with Gasteiger partial charge in [-0.3, -0.25) is 0 Å². The molecule has 0 atom stereocenters. The Morgan fingerprint density at radius 2 is 1.43 bits per heavy atom. The van der Waals surface area contributed by atoms with E-state index >= 15 is 0 Å². The minimum absolute atomic E-state index is 0.545. The van der Waals surface area contributed by atoms with Gasteiger partial charge in [-0.2, -0.15) is 18.3 Å². The molecule has 146 valence electrons. The van der Waals surface area contributed by atoms with Crippen LogP contribution in [0.4, 0.5) is 24.8 Å². The zero-order valence-corrected chi connectivity index (χ0v) is 15.1. The van der Waals surface area contributed by atoms with Crippen LogP contribution >= 0.6 is 0 Å². The van der Waals surface area contributed by atoms with E-state index in [1.54, 1.807) is 4.68 Å². The van der Waals surface area contributed by atoms with Crippen LogP contribution in [-0.4, -0.2) is 51.1 Å². The predicted molar refractivity (Wildman–Crippen MR) is 97.6 cm³/mol. The van der Waals surface area contributed by atoms with Gasteiger partial charge in [-0.15, -0.1) is 10.2 Å². The SMILES string of the molecule is Cc1ccn(-c2ccc(N3CCN(c4ccc(C(F)(F)F)cn4)CC3)nn2)n1. The Morgan fingerprint density at radius 1 is 0.821 bits per heavy atom. The lowest BCUT2D eigenvalue weighted by atomic mass is 10.2. The average molecular weight is 389 g/mol. The van der Waals surface area contributed by atoms with Crippen LogP contribution in [0.1, 0.15) is 11.3 Å². The first-order chi connectivity index (χ1) is 13.4. The van der Waals surface area contributed by atoms with Crippen LogP contribution < -0.4 is 9.80 Å². The Kier molecular flexibility index (Phi) is 4.62. The number of alkyl halides is 3. The third-order valence-electron chi connectivity index (χ3n) is 4.60. The molecular weight excluding hydrogens is 371 g/mol. The molecule has 1 saturated heterocycles. The van der Waals surface area contributed by atoms with Crippen molar-refractivity contribution < 1.29 is 13.2 Å². The summed E-state index contributed by atoms with van der Waals surface area (Å²) in [7, 11) is 0. The second-order valence-electron chi connectivity index (χ2n) is 6.53. The van der Waals surface area contributed by atoms with Crippen LogP contribution in [0.2, 0.25) is 0 Å². The van der Waals surface area contributed by atoms with Gasteiger partial charge in [-0.1, -0.05) is 0 Å². The minimum Gasteiger partial charge on any atom is -0.353 e. The van der Waals surface area contributed by atoms with E-state index in [-0.39, 0.29) is 0 Å². The van der Waals surface area contributed by atoms with Crippen molar-refractivity contribution in [3.05, 3.63) is 54.0 Å². The van der Waals surface area contributed by atoms with Gasteiger partial charge in [-0.05, 0) is 37.3 Å². The fourth-order valence-electron chi connectivity index (χ4n) is 3.06. The number of hydrogen-bond donors (Lipinski definition) is 0. The maximum absolute atomic E-state index is 12.7. The summed E-state index contributed by atoms with van der Waals surface area (Å²) in [5, 5.41) is 12.8. The first kappa shape index (κ1) is 18.2. The summed E-state index contributed by atoms with van der Waals surface area (Å²) in [5.41, 5.74) is 0.163. The van der Waals surface area contributed by atoms with Gasteiger partial charge in [0, 0.05) is 38.6 Å². The van der Waals surface area contributed by atoms with Crippen LogP contribution in [0.25, 0.3) is 5.82 Å². The van der Waals surface area contributed by atoms with Crippen LogP contribution in [-0.2, 0) is 6.18 Å². The number of halogens is 3. The highest BCUT2D eigenvalue weighted by Gasteiger charge is 2.31. The van der Waals surface area contributed by atoms with Crippen molar-refractivity contribution in [1.29, 1.82) is 0 Å². The number of aryl methyl sites for hydroxylation is 1. The Hall–Kier alpha value is -3.17. The lowest BCUT2D eigenvalue weighted by Crippen LogP contribution is -2.47. The van der Waals surface area contributed by atoms with E-state index in [9.17, 15) is 13.2 Å². The fraction of sp³-hybridized carbons (Fsp3) is 0.333. The molecule has 0 spiro atoms. The Morgan fingerprint density at radius 3 is 1.93 bits per heavy atom. The van der Waals surface area contributed by atoms with Crippen molar-refractivity contribution in [2.75, 3.05) is 36.0 Å². The monoisotopic (exact) mass is 389 g/mol. The van der Waals surface area contributed by atoms with E-state index < -0.39 is 11.7 Å². The van der Waals surface area contributed by atoms with Crippen molar-refractivity contribution in [2.24, 2.45) is 0 Å². The van der Waals surface area contributed by atoms with Crippen molar-refractivity contribution in [1.82, 2.24) is 25.0 Å². The molecule has 4 heterocycles. The maximum atomic E-state index is 12.7. The quantitative estimate of drug-likeness (QED) is 0.687. The summed E-state index contributed by atoms with van der Waals surface area (Å²) < 4.78 is 39.6. The van der Waals surface area contributed by atoms with E-state index in [0.717, 1.165) is 23.8 Å². The normalized spacial score (nSPS) is 15.1. The zero-order chi connectivity index (χ0) is 19.7. The van der Waals surface area contributed by atoms with Crippen LogP contribution in [0.5, 0.6) is 0 Å². The Bertz CT molecular complexity index is 927. The molecule has 0 N–H and O–H groups in total. The summed E-state index contributed by atoms with van der Waals surface area (Å²) in [6, 6.07) is 8.13. The highest BCUT2D eigenvalue weighted by Crippen LogP contribution is 2.29. The number of aromatic nitrogens is 5. The number of pyridine rings is 1. The molecule has 4 rings (SSSR count). The predicted octanol–water partition coefficient (Wildman–Crippen LogP) is 2.71. The van der Waals surface area contributed by atoms with E-state index in [4.69, 9.17) is 0 Å². The molecule has 1 fully saturated rings. The molecule has 3 aromatic rings. The molecule has 0 aromatic carbocycles. The molecule has 7 nitrogen and oxygen atoms in total. The molecule has 0 bridgehead atoms. The summed E-state index contributed by atoms with van der Waals surface area (Å²) in [5.74, 6) is 1.94. The van der Waals surface area contributed by atoms with Gasteiger partial charge in [0.05, 0.1) is 11.3 Å². The number of rotatable bonds is 3. The number of piperazine rings is 1. The topological polar surface area (TPSA) is 63.0 Å². The molecule has 10 heteroatoms. The van der Waals surface area contributed by atoms with Gasteiger partial charge >= 0.3 is 6.18 Å². The molecule has 3 aromatic heterocycles. The highest BCUT2D eigenvalue weighted by molar-refractivity contribution is 5.45. The Balaban J connectivity index is 1.38. The van der Waals surface area contributed by atoms with Crippen LogP contribution in [0.15, 0.2) is 42.7 Å². The lowest BCUT2D eigenvalue weighted by Gasteiger charge is -2.35. The minimum atomic E-state index is -4.37. The summed E-state index contributed by atoms with van der Waals surface area (Å²) in [6.45, 7) is 4.54. The average Bonchev–Trinajstić information content (AvgIpc) is 3.14. The molecular formula is C18H18F3N7. The van der Waals surface area contributed by atoms with Gasteiger partial charge in [0.15, 0.2) is 11.6 Å². The molecule has 0 amide bonds. The third-order valence-corrected chi connectivity index (χ3v) is 4.60. The van der Waals surface area contributed by atoms with Crippen molar-refractivity contribution in [3.8, 4) is 5.82 Å². The van der Waals surface area contributed by atoms with Crippen molar-refractivity contribution >= 4 is 11.6 Å². The van der Waals surface area contributed by atoms with E-state index in [1.807, 2.05) is 36.2 Å². The first-order valence-corrected chi connectivity index (χ1v) is 8.80. The maximum Gasteiger partial charge on any atom is 0.417 e. The number of anilines is 2. The number of hydrogen-bond acceptors (Lipinski definition) is 6. The number of nitrogens with zero attached hydrogens (tertiary/aromatic N) is 7. The zero-order valence-electron chi connectivity index (χ0n) is 15.1. The second kappa shape index (κ2) is 7.10. The molecule has 0 saturated carbocycles. The molecule has 1 aliphatic heterocycles. The smallest absolute Gasteiger partial charge is 0.353 e. The summed E-state index contributed by atoms with van der Waals surface area (Å²) in [4.78, 5) is 8.02. The lowest BCUT2D eigenvalue weighted by molar-refractivity contribution is -0.137. The first-order valence-electron chi connectivity index (χ1n) is 8.80. The molecule has 28 heavy (non-hydrogen) atoms. The van der Waals surface area contributed by atoms with Crippen LogP contribution in [0.3, 0.4) is 0 Å². The molecule has 1 aliphatic rings.